The molecule has 25 heavy (non-hydrogen) atoms. The van der Waals surface area contributed by atoms with Crippen LogP contribution in [0.1, 0.15) is 30.9 Å². The number of benzene rings is 2. The second-order valence-electron chi connectivity index (χ2n) is 6.31. The van der Waals surface area contributed by atoms with E-state index in [0.29, 0.717) is 13.0 Å². The molecule has 2 aromatic carbocycles. The number of halogens is 1. The number of unbranched alkanes of at least 4 members (excludes halogenated alkanes) is 1. The fraction of sp³-hybridized carbons (Fsp3) is 0.286. The molecule has 0 atom stereocenters. The third-order valence-corrected chi connectivity index (χ3v) is 4.34. The number of carbonyl (C=O) groups excluding carboxylic acids is 1. The number of nitrogens with zero attached hydrogens (tertiary/aromatic N) is 1. The maximum atomic E-state index is 13.1. The summed E-state index contributed by atoms with van der Waals surface area (Å²) in [7, 11) is 0. The molecule has 3 aromatic rings. The summed E-state index contributed by atoms with van der Waals surface area (Å²) in [6, 6.07) is 14.6. The molecule has 0 saturated carbocycles. The summed E-state index contributed by atoms with van der Waals surface area (Å²) in [6.45, 7) is 3.48. The average Bonchev–Trinajstić information content (AvgIpc) is 2.95. The second kappa shape index (κ2) is 7.97. The van der Waals surface area contributed by atoms with Crippen LogP contribution in [0, 0.1) is 5.82 Å². The summed E-state index contributed by atoms with van der Waals surface area (Å²) in [4.78, 5) is 12.2. The summed E-state index contributed by atoms with van der Waals surface area (Å²) in [5.74, 6) is -0.177. The smallest absolute Gasteiger partial charge is 0.224 e. The number of carbonyl (C=O) groups is 1. The molecule has 1 amide bonds. The number of aromatic nitrogens is 1. The molecule has 1 heterocycles. The Hall–Kier alpha value is -2.62. The van der Waals surface area contributed by atoms with E-state index in [4.69, 9.17) is 0 Å². The SMILES string of the molecule is CCCCNC(=O)Cc1cn(Cc2ccc(F)cc2)c2ccccc12. The van der Waals surface area contributed by atoms with Gasteiger partial charge < -0.3 is 9.88 Å². The molecule has 0 radical (unpaired) electrons. The molecule has 0 aliphatic heterocycles. The Labute approximate surface area is 147 Å². The van der Waals surface area contributed by atoms with E-state index in [1.807, 2.05) is 24.4 Å². The first-order valence-electron chi connectivity index (χ1n) is 8.75. The molecule has 0 aliphatic carbocycles. The van der Waals surface area contributed by atoms with Gasteiger partial charge in [-0.05, 0) is 35.7 Å². The van der Waals surface area contributed by atoms with Crippen molar-refractivity contribution in [1.29, 1.82) is 0 Å². The monoisotopic (exact) mass is 338 g/mol. The van der Waals surface area contributed by atoms with Crippen molar-refractivity contribution in [1.82, 2.24) is 9.88 Å². The van der Waals surface area contributed by atoms with Gasteiger partial charge in [-0.2, -0.15) is 0 Å². The highest BCUT2D eigenvalue weighted by atomic mass is 19.1. The number of rotatable bonds is 7. The van der Waals surface area contributed by atoms with Crippen molar-refractivity contribution in [3.05, 3.63) is 71.7 Å². The lowest BCUT2D eigenvalue weighted by molar-refractivity contribution is -0.120. The molecule has 3 nitrogen and oxygen atoms in total. The second-order valence-corrected chi connectivity index (χ2v) is 6.31. The number of hydrogen-bond acceptors (Lipinski definition) is 1. The highest BCUT2D eigenvalue weighted by Gasteiger charge is 2.12. The number of fused-ring (bicyclic) bond motifs is 1. The largest absolute Gasteiger partial charge is 0.356 e. The minimum atomic E-state index is -0.231. The molecule has 1 N–H and O–H groups in total. The quantitative estimate of drug-likeness (QED) is 0.641. The van der Waals surface area contributed by atoms with E-state index in [-0.39, 0.29) is 11.7 Å². The molecule has 130 valence electrons. The molecule has 0 spiro atoms. The van der Waals surface area contributed by atoms with Crippen molar-refractivity contribution < 1.29 is 9.18 Å². The number of nitrogens with one attached hydrogen (secondary N) is 1. The number of amides is 1. The molecule has 0 bridgehead atoms. The van der Waals surface area contributed by atoms with E-state index in [1.54, 1.807) is 12.1 Å². The zero-order chi connectivity index (χ0) is 17.6. The van der Waals surface area contributed by atoms with Crippen LogP contribution < -0.4 is 5.32 Å². The maximum absolute atomic E-state index is 13.1. The van der Waals surface area contributed by atoms with Crippen molar-refractivity contribution in [3.63, 3.8) is 0 Å². The molecule has 0 unspecified atom stereocenters. The van der Waals surface area contributed by atoms with Crippen LogP contribution in [0.15, 0.2) is 54.7 Å². The Morgan fingerprint density at radius 2 is 1.88 bits per heavy atom. The fourth-order valence-corrected chi connectivity index (χ4v) is 3.02. The van der Waals surface area contributed by atoms with E-state index in [0.717, 1.165) is 41.4 Å². The average molecular weight is 338 g/mol. The zero-order valence-electron chi connectivity index (χ0n) is 14.5. The lowest BCUT2D eigenvalue weighted by atomic mass is 10.1. The molecule has 4 heteroatoms. The van der Waals surface area contributed by atoms with E-state index >= 15 is 0 Å². The highest BCUT2D eigenvalue weighted by Crippen LogP contribution is 2.23. The summed E-state index contributed by atoms with van der Waals surface area (Å²) in [5.41, 5.74) is 3.14. The summed E-state index contributed by atoms with van der Waals surface area (Å²) < 4.78 is 15.2. The molecule has 0 fully saturated rings. The first-order chi connectivity index (χ1) is 12.2. The first kappa shape index (κ1) is 17.2. The Morgan fingerprint density at radius 1 is 1.12 bits per heavy atom. The molecule has 0 aliphatic rings. The van der Waals surface area contributed by atoms with Crippen LogP contribution in [0.3, 0.4) is 0 Å². The Kier molecular flexibility index (Phi) is 5.49. The van der Waals surface area contributed by atoms with Crippen LogP contribution in [0.25, 0.3) is 10.9 Å². The van der Waals surface area contributed by atoms with Crippen LogP contribution in [-0.4, -0.2) is 17.0 Å². The molecular formula is C21H23FN2O. The van der Waals surface area contributed by atoms with Crippen molar-refractivity contribution in [2.24, 2.45) is 0 Å². The van der Waals surface area contributed by atoms with E-state index in [2.05, 4.69) is 22.9 Å². The summed E-state index contributed by atoms with van der Waals surface area (Å²) in [6.07, 6.45) is 4.48. The van der Waals surface area contributed by atoms with Gasteiger partial charge in [-0.25, -0.2) is 4.39 Å². The van der Waals surface area contributed by atoms with Crippen molar-refractivity contribution in [3.8, 4) is 0 Å². The van der Waals surface area contributed by atoms with Crippen LogP contribution in [0.2, 0.25) is 0 Å². The number of hydrogen-bond donors (Lipinski definition) is 1. The highest BCUT2D eigenvalue weighted by molar-refractivity contribution is 5.89. The standard InChI is InChI=1S/C21H23FN2O/c1-2-3-12-23-21(25)13-17-15-24(20-7-5-4-6-19(17)20)14-16-8-10-18(22)11-9-16/h4-11,15H,2-3,12-14H2,1H3,(H,23,25). The molecule has 0 saturated heterocycles. The predicted molar refractivity (Wildman–Crippen MR) is 99.1 cm³/mol. The van der Waals surface area contributed by atoms with Gasteiger partial charge in [-0.15, -0.1) is 0 Å². The molecular weight excluding hydrogens is 315 g/mol. The van der Waals surface area contributed by atoms with Gasteiger partial charge in [-0.3, -0.25) is 4.79 Å². The lowest BCUT2D eigenvalue weighted by Gasteiger charge is -2.05. The minimum absolute atomic E-state index is 0.0538. The summed E-state index contributed by atoms with van der Waals surface area (Å²) >= 11 is 0. The van der Waals surface area contributed by atoms with Crippen molar-refractivity contribution in [2.45, 2.75) is 32.7 Å². The Morgan fingerprint density at radius 3 is 2.64 bits per heavy atom. The van der Waals surface area contributed by atoms with Crippen LogP contribution >= 0.6 is 0 Å². The van der Waals surface area contributed by atoms with Crippen molar-refractivity contribution >= 4 is 16.8 Å². The van der Waals surface area contributed by atoms with E-state index < -0.39 is 0 Å². The van der Waals surface area contributed by atoms with Gasteiger partial charge in [0.15, 0.2) is 0 Å². The van der Waals surface area contributed by atoms with Crippen LogP contribution in [0.5, 0.6) is 0 Å². The zero-order valence-corrected chi connectivity index (χ0v) is 14.5. The van der Waals surface area contributed by atoms with E-state index in [9.17, 15) is 9.18 Å². The van der Waals surface area contributed by atoms with Gasteiger partial charge >= 0.3 is 0 Å². The first-order valence-corrected chi connectivity index (χ1v) is 8.75. The predicted octanol–water partition coefficient (Wildman–Crippen LogP) is 4.29. The molecule has 1 aromatic heterocycles. The molecule has 3 rings (SSSR count). The third kappa shape index (κ3) is 4.27. The van der Waals surface area contributed by atoms with Gasteiger partial charge in [0, 0.05) is 30.2 Å². The van der Waals surface area contributed by atoms with Gasteiger partial charge in [0.1, 0.15) is 5.82 Å². The summed E-state index contributed by atoms with van der Waals surface area (Å²) in [5, 5.41) is 4.06. The van der Waals surface area contributed by atoms with Gasteiger partial charge in [-0.1, -0.05) is 43.7 Å². The van der Waals surface area contributed by atoms with Gasteiger partial charge in [0.2, 0.25) is 5.91 Å². The fourth-order valence-electron chi connectivity index (χ4n) is 3.02. The normalized spacial score (nSPS) is 11.0. The minimum Gasteiger partial charge on any atom is -0.356 e. The Balaban J connectivity index is 1.82. The number of para-hydroxylation sites is 1. The topological polar surface area (TPSA) is 34.0 Å². The van der Waals surface area contributed by atoms with Gasteiger partial charge in [0.25, 0.3) is 0 Å². The van der Waals surface area contributed by atoms with Crippen LogP contribution in [0.4, 0.5) is 4.39 Å². The maximum Gasteiger partial charge on any atom is 0.224 e. The lowest BCUT2D eigenvalue weighted by Crippen LogP contribution is -2.25. The van der Waals surface area contributed by atoms with Crippen LogP contribution in [-0.2, 0) is 17.8 Å². The van der Waals surface area contributed by atoms with E-state index in [1.165, 1.54) is 12.1 Å². The van der Waals surface area contributed by atoms with Crippen molar-refractivity contribution in [2.75, 3.05) is 6.54 Å². The van der Waals surface area contributed by atoms with Gasteiger partial charge in [0.05, 0.1) is 6.42 Å². The third-order valence-electron chi connectivity index (χ3n) is 4.34. The Bertz CT molecular complexity index is 852.